The predicted molar refractivity (Wildman–Crippen MR) is 85.1 cm³/mol. The number of amides is 1. The molecule has 6 heteroatoms. The fourth-order valence-corrected chi connectivity index (χ4v) is 1.89. The molecular formula is C15H21ClN4O. The van der Waals surface area contributed by atoms with Crippen LogP contribution < -0.4 is 11.1 Å². The van der Waals surface area contributed by atoms with Gasteiger partial charge < -0.3 is 11.1 Å². The monoisotopic (exact) mass is 308 g/mol. The molecule has 1 amide bonds. The van der Waals surface area contributed by atoms with Crippen molar-refractivity contribution in [2.24, 2.45) is 11.7 Å². The van der Waals surface area contributed by atoms with E-state index in [0.29, 0.717) is 13.1 Å². The van der Waals surface area contributed by atoms with E-state index < -0.39 is 0 Å². The van der Waals surface area contributed by atoms with Crippen LogP contribution in [0.25, 0.3) is 0 Å². The maximum atomic E-state index is 11.7. The second-order valence-electron chi connectivity index (χ2n) is 4.88. The summed E-state index contributed by atoms with van der Waals surface area (Å²) in [6, 6.07) is 10.0. The zero-order valence-electron chi connectivity index (χ0n) is 12.0. The van der Waals surface area contributed by atoms with Gasteiger partial charge in [0.15, 0.2) is 0 Å². The molecule has 0 fully saturated rings. The Kier molecular flexibility index (Phi) is 6.91. The summed E-state index contributed by atoms with van der Waals surface area (Å²) in [5.41, 5.74) is 7.71. The summed E-state index contributed by atoms with van der Waals surface area (Å²) in [6.45, 7) is 3.44. The number of benzene rings is 1. The van der Waals surface area contributed by atoms with E-state index in [2.05, 4.69) is 22.5 Å². The third kappa shape index (κ3) is 5.21. The number of hydrogen-bond acceptors (Lipinski definition) is 3. The molecule has 5 nitrogen and oxygen atoms in total. The van der Waals surface area contributed by atoms with Crippen molar-refractivity contribution < 1.29 is 4.79 Å². The van der Waals surface area contributed by atoms with Crippen molar-refractivity contribution in [2.75, 3.05) is 6.54 Å². The fraction of sp³-hybridized carbons (Fsp3) is 0.333. The molecule has 3 N–H and O–H groups in total. The average molecular weight is 309 g/mol. The first-order chi connectivity index (χ1) is 9.69. The number of aromatic nitrogens is 2. The lowest BCUT2D eigenvalue weighted by Crippen LogP contribution is -2.32. The number of carbonyl (C=O) groups excluding carboxylic acids is 1. The fourth-order valence-electron chi connectivity index (χ4n) is 1.89. The molecule has 1 unspecified atom stereocenters. The van der Waals surface area contributed by atoms with Gasteiger partial charge in [-0.05, 0) is 17.2 Å². The highest BCUT2D eigenvalue weighted by molar-refractivity contribution is 5.85. The minimum atomic E-state index is -0.151. The van der Waals surface area contributed by atoms with Crippen molar-refractivity contribution in [3.63, 3.8) is 0 Å². The Hall–Kier alpha value is -1.85. The third-order valence-corrected chi connectivity index (χ3v) is 3.16. The number of nitrogens with one attached hydrogen (secondary N) is 1. The molecule has 0 aliphatic rings. The van der Waals surface area contributed by atoms with Gasteiger partial charge in [0.2, 0.25) is 5.91 Å². The van der Waals surface area contributed by atoms with Crippen molar-refractivity contribution in [3.8, 4) is 0 Å². The molecule has 0 radical (unpaired) electrons. The molecule has 0 spiro atoms. The van der Waals surface area contributed by atoms with Crippen LogP contribution in [-0.2, 0) is 17.9 Å². The largest absolute Gasteiger partial charge is 0.352 e. The quantitative estimate of drug-likeness (QED) is 0.850. The van der Waals surface area contributed by atoms with E-state index in [-0.39, 0.29) is 24.2 Å². The molecule has 1 heterocycles. The molecular weight excluding hydrogens is 288 g/mol. The summed E-state index contributed by atoms with van der Waals surface area (Å²) in [5.74, 6) is -0.160. The van der Waals surface area contributed by atoms with Crippen LogP contribution in [0.15, 0.2) is 42.7 Å². The van der Waals surface area contributed by atoms with E-state index in [1.165, 1.54) is 0 Å². The molecule has 114 valence electrons. The highest BCUT2D eigenvalue weighted by Gasteiger charge is 2.09. The second kappa shape index (κ2) is 8.44. The smallest absolute Gasteiger partial charge is 0.224 e. The van der Waals surface area contributed by atoms with E-state index in [4.69, 9.17) is 5.73 Å². The summed E-state index contributed by atoms with van der Waals surface area (Å²) in [7, 11) is 0. The SMILES string of the molecule is CC(CN)C(=O)NCc1cccc(Cn2cccn2)c1.Cl. The Morgan fingerprint density at radius 1 is 1.38 bits per heavy atom. The van der Waals surface area contributed by atoms with Crippen LogP contribution in [0.4, 0.5) is 0 Å². The Morgan fingerprint density at radius 3 is 2.81 bits per heavy atom. The lowest BCUT2D eigenvalue weighted by atomic mass is 10.1. The lowest BCUT2D eigenvalue weighted by Gasteiger charge is -2.11. The molecule has 1 aromatic carbocycles. The number of hydrogen-bond donors (Lipinski definition) is 2. The second-order valence-corrected chi connectivity index (χ2v) is 4.88. The molecule has 0 aliphatic heterocycles. The zero-order chi connectivity index (χ0) is 14.4. The minimum Gasteiger partial charge on any atom is -0.352 e. The first-order valence-electron chi connectivity index (χ1n) is 6.72. The maximum absolute atomic E-state index is 11.7. The Labute approximate surface area is 130 Å². The Morgan fingerprint density at radius 2 is 2.14 bits per heavy atom. The summed E-state index contributed by atoms with van der Waals surface area (Å²) in [5, 5.41) is 7.08. The molecule has 1 atom stereocenters. The highest BCUT2D eigenvalue weighted by Crippen LogP contribution is 2.07. The van der Waals surface area contributed by atoms with E-state index in [9.17, 15) is 4.79 Å². The Balaban J connectivity index is 0.00000220. The van der Waals surface area contributed by atoms with Crippen LogP contribution >= 0.6 is 12.4 Å². The van der Waals surface area contributed by atoms with Gasteiger partial charge in [-0.1, -0.05) is 31.2 Å². The summed E-state index contributed by atoms with van der Waals surface area (Å²) in [6.07, 6.45) is 3.69. The highest BCUT2D eigenvalue weighted by atomic mass is 35.5. The van der Waals surface area contributed by atoms with Crippen molar-refractivity contribution >= 4 is 18.3 Å². The average Bonchev–Trinajstić information content (AvgIpc) is 2.97. The van der Waals surface area contributed by atoms with Crippen LogP contribution in [0, 0.1) is 5.92 Å². The minimum absolute atomic E-state index is 0. The van der Waals surface area contributed by atoms with Crippen LogP contribution in [0.5, 0.6) is 0 Å². The summed E-state index contributed by atoms with van der Waals surface area (Å²) in [4.78, 5) is 11.7. The molecule has 0 saturated carbocycles. The number of nitrogens with zero attached hydrogens (tertiary/aromatic N) is 2. The topological polar surface area (TPSA) is 72.9 Å². The summed E-state index contributed by atoms with van der Waals surface area (Å²) < 4.78 is 1.87. The van der Waals surface area contributed by atoms with E-state index in [1.807, 2.05) is 36.0 Å². The van der Waals surface area contributed by atoms with Gasteiger partial charge in [-0.25, -0.2) is 0 Å². The van der Waals surface area contributed by atoms with Crippen LogP contribution in [0.3, 0.4) is 0 Å². The Bertz CT molecular complexity index is 557. The number of nitrogens with two attached hydrogens (primary N) is 1. The third-order valence-electron chi connectivity index (χ3n) is 3.16. The van der Waals surface area contributed by atoms with Gasteiger partial charge in [0.25, 0.3) is 0 Å². The molecule has 2 aromatic rings. The van der Waals surface area contributed by atoms with Crippen LogP contribution in [-0.4, -0.2) is 22.2 Å². The molecule has 0 bridgehead atoms. The van der Waals surface area contributed by atoms with Crippen molar-refractivity contribution in [1.29, 1.82) is 0 Å². The van der Waals surface area contributed by atoms with E-state index in [0.717, 1.165) is 17.7 Å². The van der Waals surface area contributed by atoms with Crippen LogP contribution in [0.2, 0.25) is 0 Å². The maximum Gasteiger partial charge on any atom is 0.224 e. The van der Waals surface area contributed by atoms with Gasteiger partial charge in [0.05, 0.1) is 6.54 Å². The van der Waals surface area contributed by atoms with Gasteiger partial charge >= 0.3 is 0 Å². The van der Waals surface area contributed by atoms with Crippen molar-refractivity contribution in [2.45, 2.75) is 20.0 Å². The lowest BCUT2D eigenvalue weighted by molar-refractivity contribution is -0.124. The molecule has 0 saturated heterocycles. The number of rotatable bonds is 6. The molecule has 2 rings (SSSR count). The van der Waals surface area contributed by atoms with E-state index >= 15 is 0 Å². The molecule has 21 heavy (non-hydrogen) atoms. The van der Waals surface area contributed by atoms with Gasteiger partial charge in [0.1, 0.15) is 0 Å². The van der Waals surface area contributed by atoms with Gasteiger partial charge in [0, 0.05) is 31.4 Å². The standard InChI is InChI=1S/C15H20N4O.ClH/c1-12(9-16)15(20)17-10-13-4-2-5-14(8-13)11-19-7-3-6-18-19;/h2-8,12H,9-11,16H2,1H3,(H,17,20);1H. The zero-order valence-corrected chi connectivity index (χ0v) is 12.8. The number of carbonyl (C=O) groups is 1. The van der Waals surface area contributed by atoms with Gasteiger partial charge in [-0.3, -0.25) is 9.48 Å². The van der Waals surface area contributed by atoms with Crippen molar-refractivity contribution in [1.82, 2.24) is 15.1 Å². The molecule has 1 aromatic heterocycles. The normalized spacial score (nSPS) is 11.5. The van der Waals surface area contributed by atoms with Crippen LogP contribution in [0.1, 0.15) is 18.1 Å². The predicted octanol–water partition coefficient (Wildman–Crippen LogP) is 1.56. The first kappa shape index (κ1) is 17.2. The van der Waals surface area contributed by atoms with E-state index in [1.54, 1.807) is 6.20 Å². The van der Waals surface area contributed by atoms with Gasteiger partial charge in [-0.2, -0.15) is 5.10 Å². The first-order valence-corrected chi connectivity index (χ1v) is 6.72. The van der Waals surface area contributed by atoms with Crippen molar-refractivity contribution in [3.05, 3.63) is 53.9 Å². The molecule has 0 aliphatic carbocycles. The summed E-state index contributed by atoms with van der Waals surface area (Å²) >= 11 is 0. The van der Waals surface area contributed by atoms with Gasteiger partial charge in [-0.15, -0.1) is 12.4 Å². The number of halogens is 1.